The molecule has 0 bridgehead atoms. The first-order chi connectivity index (χ1) is 8.70. The van der Waals surface area contributed by atoms with E-state index in [-0.39, 0.29) is 5.91 Å². The average Bonchev–Trinajstić information content (AvgIpc) is 2.99. The van der Waals surface area contributed by atoms with E-state index in [0.29, 0.717) is 12.2 Å². The second-order valence-corrected chi connectivity index (χ2v) is 4.92. The Morgan fingerprint density at radius 1 is 1.56 bits per heavy atom. The third kappa shape index (κ3) is 2.95. The third-order valence-corrected chi connectivity index (χ3v) is 3.29. The summed E-state index contributed by atoms with van der Waals surface area (Å²) < 4.78 is 1.54. The molecule has 0 saturated carbocycles. The molecule has 0 radical (unpaired) electrons. The van der Waals surface area contributed by atoms with Crippen LogP contribution in [0.3, 0.4) is 0 Å². The van der Waals surface area contributed by atoms with Crippen LogP contribution in [-0.2, 0) is 13.6 Å². The van der Waals surface area contributed by atoms with Crippen LogP contribution in [0.5, 0.6) is 0 Å². The molecule has 96 valence electrons. The van der Waals surface area contributed by atoms with Crippen molar-refractivity contribution in [3.05, 3.63) is 34.3 Å². The van der Waals surface area contributed by atoms with Crippen LogP contribution in [0.25, 0.3) is 0 Å². The summed E-state index contributed by atoms with van der Waals surface area (Å²) in [7, 11) is 1.76. The third-order valence-electron chi connectivity index (χ3n) is 2.56. The van der Waals surface area contributed by atoms with Crippen LogP contribution in [0.4, 0.5) is 0 Å². The number of aryl methyl sites for hydroxylation is 1. The smallest absolute Gasteiger partial charge is 0.276 e. The minimum Gasteiger partial charge on any atom is -0.333 e. The van der Waals surface area contributed by atoms with Crippen molar-refractivity contribution in [1.29, 1.82) is 0 Å². The highest BCUT2D eigenvalue weighted by Crippen LogP contribution is 2.12. The van der Waals surface area contributed by atoms with E-state index in [1.165, 1.54) is 0 Å². The molecule has 0 aliphatic rings. The maximum Gasteiger partial charge on any atom is 0.276 e. The van der Waals surface area contributed by atoms with Crippen LogP contribution < -0.4 is 0 Å². The zero-order valence-corrected chi connectivity index (χ0v) is 11.4. The van der Waals surface area contributed by atoms with Gasteiger partial charge in [-0.1, -0.05) is 12.1 Å². The first kappa shape index (κ1) is 12.8. The molecule has 0 aliphatic heterocycles. The highest BCUT2D eigenvalue weighted by Gasteiger charge is 2.18. The largest absolute Gasteiger partial charge is 0.333 e. The minimum absolute atomic E-state index is 0.0591. The van der Waals surface area contributed by atoms with E-state index in [1.807, 2.05) is 16.3 Å². The highest BCUT2D eigenvalue weighted by atomic mass is 32.1. The molecule has 0 N–H and O–H groups in total. The summed E-state index contributed by atoms with van der Waals surface area (Å²) in [5, 5.41) is 11.8. The molecule has 1 amide bonds. The Morgan fingerprint density at radius 3 is 2.94 bits per heavy atom. The Kier molecular flexibility index (Phi) is 4.09. The molecule has 2 heterocycles. The van der Waals surface area contributed by atoms with Crippen LogP contribution in [0.2, 0.25) is 0 Å². The molecular weight excluding hydrogens is 248 g/mol. The lowest BCUT2D eigenvalue weighted by molar-refractivity contribution is 0.0737. The van der Waals surface area contributed by atoms with E-state index < -0.39 is 0 Å². The average molecular weight is 264 g/mol. The summed E-state index contributed by atoms with van der Waals surface area (Å²) in [6.45, 7) is 3.42. The number of rotatable bonds is 5. The van der Waals surface area contributed by atoms with Crippen molar-refractivity contribution in [3.8, 4) is 0 Å². The second kappa shape index (κ2) is 5.77. The summed E-state index contributed by atoms with van der Waals surface area (Å²) in [4.78, 5) is 14.1. The van der Waals surface area contributed by atoms with Gasteiger partial charge in [-0.05, 0) is 28.8 Å². The molecule has 18 heavy (non-hydrogen) atoms. The van der Waals surface area contributed by atoms with E-state index in [1.54, 1.807) is 29.3 Å². The van der Waals surface area contributed by atoms with Crippen LogP contribution in [0, 0.1) is 0 Å². The van der Waals surface area contributed by atoms with Crippen molar-refractivity contribution in [2.24, 2.45) is 7.05 Å². The van der Waals surface area contributed by atoms with E-state index in [4.69, 9.17) is 0 Å². The van der Waals surface area contributed by atoms with E-state index in [2.05, 4.69) is 22.6 Å². The number of carbonyl (C=O) groups is 1. The van der Waals surface area contributed by atoms with Gasteiger partial charge in [0.15, 0.2) is 5.69 Å². The van der Waals surface area contributed by atoms with Gasteiger partial charge in [0.05, 0.1) is 6.20 Å². The van der Waals surface area contributed by atoms with Crippen LogP contribution in [0.15, 0.2) is 23.0 Å². The SMILES string of the molecule is CCCN(Cc1ccsc1)C(=O)c1cn(C)nn1. The van der Waals surface area contributed by atoms with E-state index in [9.17, 15) is 4.79 Å². The minimum atomic E-state index is -0.0591. The van der Waals surface area contributed by atoms with Crippen LogP contribution >= 0.6 is 11.3 Å². The molecular formula is C12H16N4OS. The van der Waals surface area contributed by atoms with Gasteiger partial charge in [0.2, 0.25) is 0 Å². The molecule has 0 unspecified atom stereocenters. The summed E-state index contributed by atoms with van der Waals surface area (Å²) >= 11 is 1.64. The van der Waals surface area contributed by atoms with Crippen molar-refractivity contribution in [2.75, 3.05) is 6.54 Å². The van der Waals surface area contributed by atoms with Crippen molar-refractivity contribution in [3.63, 3.8) is 0 Å². The van der Waals surface area contributed by atoms with Crippen molar-refractivity contribution < 1.29 is 4.79 Å². The fourth-order valence-electron chi connectivity index (χ4n) is 1.73. The zero-order chi connectivity index (χ0) is 13.0. The maximum atomic E-state index is 12.3. The summed E-state index contributed by atoms with van der Waals surface area (Å²) in [5.74, 6) is -0.0591. The molecule has 2 rings (SSSR count). The Balaban J connectivity index is 2.11. The van der Waals surface area contributed by atoms with Gasteiger partial charge in [0.1, 0.15) is 0 Å². The molecule has 5 nitrogen and oxygen atoms in total. The van der Waals surface area contributed by atoms with Crippen molar-refractivity contribution in [2.45, 2.75) is 19.9 Å². The second-order valence-electron chi connectivity index (χ2n) is 4.14. The fraction of sp³-hybridized carbons (Fsp3) is 0.417. The van der Waals surface area contributed by atoms with Gasteiger partial charge in [-0.25, -0.2) is 0 Å². The van der Waals surface area contributed by atoms with Crippen molar-refractivity contribution in [1.82, 2.24) is 19.9 Å². The molecule has 2 aromatic heterocycles. The highest BCUT2D eigenvalue weighted by molar-refractivity contribution is 7.07. The lowest BCUT2D eigenvalue weighted by Crippen LogP contribution is -2.31. The maximum absolute atomic E-state index is 12.3. The van der Waals surface area contributed by atoms with Crippen molar-refractivity contribution >= 4 is 17.2 Å². The zero-order valence-electron chi connectivity index (χ0n) is 10.5. The number of hydrogen-bond acceptors (Lipinski definition) is 4. The van der Waals surface area contributed by atoms with Gasteiger partial charge >= 0.3 is 0 Å². The molecule has 0 saturated heterocycles. The Bertz CT molecular complexity index is 506. The Labute approximate surface area is 110 Å². The number of thiophene rings is 1. The summed E-state index contributed by atoms with van der Waals surface area (Å²) in [6, 6.07) is 2.04. The molecule has 0 fully saturated rings. The first-order valence-electron chi connectivity index (χ1n) is 5.87. The van der Waals surface area contributed by atoms with Crippen LogP contribution in [-0.4, -0.2) is 32.3 Å². The molecule has 0 atom stereocenters. The normalized spacial score (nSPS) is 10.6. The Morgan fingerprint density at radius 2 is 2.39 bits per heavy atom. The predicted octanol–water partition coefficient (Wildman–Crippen LogP) is 1.93. The Hall–Kier alpha value is -1.69. The number of carbonyl (C=O) groups excluding carboxylic acids is 1. The van der Waals surface area contributed by atoms with Gasteiger partial charge in [0.25, 0.3) is 5.91 Å². The number of aromatic nitrogens is 3. The van der Waals surface area contributed by atoms with Gasteiger partial charge in [0, 0.05) is 20.1 Å². The number of hydrogen-bond donors (Lipinski definition) is 0. The summed E-state index contributed by atoms with van der Waals surface area (Å²) in [5.41, 5.74) is 1.56. The van der Waals surface area contributed by atoms with Crippen LogP contribution in [0.1, 0.15) is 29.4 Å². The molecule has 6 heteroatoms. The number of amides is 1. The monoisotopic (exact) mass is 264 g/mol. The van der Waals surface area contributed by atoms with Gasteiger partial charge in [-0.2, -0.15) is 11.3 Å². The predicted molar refractivity (Wildman–Crippen MR) is 70.4 cm³/mol. The summed E-state index contributed by atoms with van der Waals surface area (Å²) in [6.07, 6.45) is 2.58. The standard InChI is InChI=1S/C12H16N4OS/c1-3-5-16(7-10-4-6-18-9-10)12(17)11-8-15(2)14-13-11/h4,6,8-9H,3,5,7H2,1-2H3. The lowest BCUT2D eigenvalue weighted by Gasteiger charge is -2.20. The van der Waals surface area contributed by atoms with Gasteiger partial charge < -0.3 is 4.90 Å². The molecule has 0 aliphatic carbocycles. The van der Waals surface area contributed by atoms with Gasteiger partial charge in [-0.3, -0.25) is 9.48 Å². The molecule has 0 aromatic carbocycles. The number of nitrogens with zero attached hydrogens (tertiary/aromatic N) is 4. The van der Waals surface area contributed by atoms with E-state index >= 15 is 0 Å². The quantitative estimate of drug-likeness (QED) is 0.829. The molecule has 2 aromatic rings. The molecule has 0 spiro atoms. The van der Waals surface area contributed by atoms with Gasteiger partial charge in [-0.15, -0.1) is 5.10 Å². The first-order valence-corrected chi connectivity index (χ1v) is 6.81. The lowest BCUT2D eigenvalue weighted by atomic mass is 10.2. The topological polar surface area (TPSA) is 51.0 Å². The fourth-order valence-corrected chi connectivity index (χ4v) is 2.39. The van der Waals surface area contributed by atoms with E-state index in [0.717, 1.165) is 18.5 Å².